The molecule has 162 valence electrons. The SMILES string of the molecule is COC(CN1CCN(c2ccc(Cl)cc2N)[C@H](c2ccc(Cl)cc2)C1)c1ccccc1. The maximum Gasteiger partial charge on any atom is 0.0947 e. The molecule has 1 saturated heterocycles. The molecule has 0 aromatic heterocycles. The van der Waals surface area contributed by atoms with E-state index in [-0.39, 0.29) is 12.1 Å². The average molecular weight is 456 g/mol. The predicted molar refractivity (Wildman–Crippen MR) is 130 cm³/mol. The van der Waals surface area contributed by atoms with Crippen molar-refractivity contribution in [2.75, 3.05) is 43.9 Å². The Balaban J connectivity index is 1.60. The summed E-state index contributed by atoms with van der Waals surface area (Å²) in [4.78, 5) is 4.83. The summed E-state index contributed by atoms with van der Waals surface area (Å²) in [6, 6.07) is 24.3. The number of anilines is 2. The molecule has 1 unspecified atom stereocenters. The molecule has 1 fully saturated rings. The molecule has 0 amide bonds. The monoisotopic (exact) mass is 455 g/mol. The molecule has 3 aromatic carbocycles. The van der Waals surface area contributed by atoms with E-state index in [1.54, 1.807) is 7.11 Å². The van der Waals surface area contributed by atoms with E-state index < -0.39 is 0 Å². The van der Waals surface area contributed by atoms with Crippen LogP contribution in [0.5, 0.6) is 0 Å². The molecule has 2 atom stereocenters. The van der Waals surface area contributed by atoms with Gasteiger partial charge in [-0.05, 0) is 41.5 Å². The standard InChI is InChI=1S/C25H27Cl2N3O/c1-31-25(19-5-3-2-4-6-19)17-29-13-14-30(23-12-11-21(27)15-22(23)28)24(16-29)18-7-9-20(26)10-8-18/h2-12,15,24-25H,13-14,16-17,28H2,1H3/t24-,25?/m0/s1. The summed E-state index contributed by atoms with van der Waals surface area (Å²) >= 11 is 12.3. The van der Waals surface area contributed by atoms with E-state index in [9.17, 15) is 0 Å². The van der Waals surface area contributed by atoms with Crippen LogP contribution in [-0.4, -0.2) is 38.2 Å². The summed E-state index contributed by atoms with van der Waals surface area (Å²) in [5.41, 5.74) is 10.4. The van der Waals surface area contributed by atoms with Crippen LogP contribution in [-0.2, 0) is 4.74 Å². The molecule has 0 aliphatic carbocycles. The number of nitrogens with zero attached hydrogens (tertiary/aromatic N) is 2. The number of ether oxygens (including phenoxy) is 1. The molecule has 1 aliphatic heterocycles. The molecule has 2 N–H and O–H groups in total. The molecule has 4 nitrogen and oxygen atoms in total. The minimum Gasteiger partial charge on any atom is -0.397 e. The number of piperazine rings is 1. The van der Waals surface area contributed by atoms with Crippen LogP contribution in [0.1, 0.15) is 23.3 Å². The summed E-state index contributed by atoms with van der Waals surface area (Å²) < 4.78 is 5.83. The molecule has 3 aromatic rings. The van der Waals surface area contributed by atoms with Crippen molar-refractivity contribution in [2.45, 2.75) is 12.1 Å². The molecule has 4 rings (SSSR count). The van der Waals surface area contributed by atoms with E-state index in [4.69, 9.17) is 33.7 Å². The van der Waals surface area contributed by atoms with Gasteiger partial charge in [0.05, 0.1) is 23.5 Å². The number of hydrogen-bond donors (Lipinski definition) is 1. The summed E-state index contributed by atoms with van der Waals surface area (Å²) in [5, 5.41) is 1.38. The lowest BCUT2D eigenvalue weighted by Crippen LogP contribution is -2.49. The van der Waals surface area contributed by atoms with Gasteiger partial charge in [-0.15, -0.1) is 0 Å². The summed E-state index contributed by atoms with van der Waals surface area (Å²) in [6.07, 6.45) is 0.0271. The van der Waals surface area contributed by atoms with E-state index in [2.05, 4.69) is 46.2 Å². The maximum atomic E-state index is 6.35. The quantitative estimate of drug-likeness (QED) is 0.474. The lowest BCUT2D eigenvalue weighted by atomic mass is 10.00. The number of nitrogens with two attached hydrogens (primary N) is 1. The van der Waals surface area contributed by atoms with Crippen molar-refractivity contribution in [2.24, 2.45) is 0 Å². The van der Waals surface area contributed by atoms with Crippen LogP contribution in [0.3, 0.4) is 0 Å². The number of methoxy groups -OCH3 is 1. The molecule has 0 spiro atoms. The molecule has 0 saturated carbocycles. The molecular formula is C25H27Cl2N3O. The third-order valence-corrected chi connectivity index (χ3v) is 6.39. The zero-order valence-electron chi connectivity index (χ0n) is 17.5. The van der Waals surface area contributed by atoms with Crippen molar-refractivity contribution in [3.05, 3.63) is 94.0 Å². The van der Waals surface area contributed by atoms with Gasteiger partial charge in [-0.2, -0.15) is 0 Å². The Bertz CT molecular complexity index is 997. The fourth-order valence-electron chi connectivity index (χ4n) is 4.27. The second kappa shape index (κ2) is 9.92. The lowest BCUT2D eigenvalue weighted by molar-refractivity contribution is 0.0566. The normalized spacial score (nSPS) is 18.2. The van der Waals surface area contributed by atoms with Crippen LogP contribution in [0.15, 0.2) is 72.8 Å². The van der Waals surface area contributed by atoms with Crippen molar-refractivity contribution >= 4 is 34.6 Å². The Morgan fingerprint density at radius 1 is 0.968 bits per heavy atom. The summed E-state index contributed by atoms with van der Waals surface area (Å²) in [7, 11) is 1.78. The van der Waals surface area contributed by atoms with Gasteiger partial charge in [0.25, 0.3) is 0 Å². The highest BCUT2D eigenvalue weighted by Gasteiger charge is 2.31. The van der Waals surface area contributed by atoms with E-state index >= 15 is 0 Å². The van der Waals surface area contributed by atoms with E-state index in [1.807, 2.05) is 36.4 Å². The van der Waals surface area contributed by atoms with E-state index in [0.717, 1.165) is 36.9 Å². The Morgan fingerprint density at radius 2 is 1.68 bits per heavy atom. The van der Waals surface area contributed by atoms with Gasteiger partial charge in [0.2, 0.25) is 0 Å². The minimum atomic E-state index is 0.0271. The van der Waals surface area contributed by atoms with Crippen molar-refractivity contribution in [1.82, 2.24) is 4.90 Å². The Hall–Kier alpha value is -2.24. The fourth-order valence-corrected chi connectivity index (χ4v) is 4.58. The van der Waals surface area contributed by atoms with Crippen LogP contribution < -0.4 is 10.6 Å². The summed E-state index contributed by atoms with van der Waals surface area (Å²) in [6.45, 7) is 3.45. The van der Waals surface area contributed by atoms with Gasteiger partial charge in [-0.25, -0.2) is 0 Å². The van der Waals surface area contributed by atoms with Gasteiger partial charge in [0, 0.05) is 43.3 Å². The van der Waals surface area contributed by atoms with Gasteiger partial charge in [-0.1, -0.05) is 65.7 Å². The first-order valence-electron chi connectivity index (χ1n) is 10.4. The van der Waals surface area contributed by atoms with Gasteiger partial charge in [0.1, 0.15) is 0 Å². The molecule has 6 heteroatoms. The highest BCUT2D eigenvalue weighted by molar-refractivity contribution is 6.31. The molecule has 0 bridgehead atoms. The third kappa shape index (κ3) is 5.16. The number of benzene rings is 3. The van der Waals surface area contributed by atoms with Crippen LogP contribution >= 0.6 is 23.2 Å². The maximum absolute atomic E-state index is 6.35. The minimum absolute atomic E-state index is 0.0271. The highest BCUT2D eigenvalue weighted by atomic mass is 35.5. The van der Waals surface area contributed by atoms with Gasteiger partial charge >= 0.3 is 0 Å². The Kier molecular flexibility index (Phi) is 7.03. The molecule has 1 heterocycles. The number of hydrogen-bond acceptors (Lipinski definition) is 4. The third-order valence-electron chi connectivity index (χ3n) is 5.90. The Morgan fingerprint density at radius 3 is 2.35 bits per heavy atom. The molecule has 1 aliphatic rings. The topological polar surface area (TPSA) is 41.7 Å². The average Bonchev–Trinajstić information content (AvgIpc) is 2.79. The van der Waals surface area contributed by atoms with Crippen LogP contribution in [0.4, 0.5) is 11.4 Å². The first kappa shape index (κ1) is 22.0. The predicted octanol–water partition coefficient (Wildman–Crippen LogP) is 5.83. The first-order chi connectivity index (χ1) is 15.0. The van der Waals surface area contributed by atoms with Crippen LogP contribution in [0.25, 0.3) is 0 Å². The van der Waals surface area contributed by atoms with Gasteiger partial charge in [0.15, 0.2) is 0 Å². The second-order valence-electron chi connectivity index (χ2n) is 7.86. The van der Waals surface area contributed by atoms with E-state index in [1.165, 1.54) is 11.1 Å². The van der Waals surface area contributed by atoms with Crippen molar-refractivity contribution < 1.29 is 4.74 Å². The number of halogens is 2. The lowest BCUT2D eigenvalue weighted by Gasteiger charge is -2.44. The smallest absolute Gasteiger partial charge is 0.0947 e. The molecular weight excluding hydrogens is 429 g/mol. The van der Waals surface area contributed by atoms with Crippen molar-refractivity contribution in [1.29, 1.82) is 0 Å². The Labute approximate surface area is 194 Å². The zero-order valence-corrected chi connectivity index (χ0v) is 19.1. The van der Waals surface area contributed by atoms with Crippen molar-refractivity contribution in [3.8, 4) is 0 Å². The first-order valence-corrected chi connectivity index (χ1v) is 11.2. The van der Waals surface area contributed by atoms with Crippen LogP contribution in [0, 0.1) is 0 Å². The van der Waals surface area contributed by atoms with E-state index in [0.29, 0.717) is 10.7 Å². The van der Waals surface area contributed by atoms with Gasteiger partial charge in [-0.3, -0.25) is 4.90 Å². The van der Waals surface area contributed by atoms with Crippen molar-refractivity contribution in [3.63, 3.8) is 0 Å². The highest BCUT2D eigenvalue weighted by Crippen LogP contribution is 2.36. The number of rotatable bonds is 6. The molecule has 0 radical (unpaired) electrons. The fraction of sp³-hybridized carbons (Fsp3) is 0.280. The summed E-state index contributed by atoms with van der Waals surface area (Å²) in [5.74, 6) is 0. The largest absolute Gasteiger partial charge is 0.397 e. The number of nitrogen functional groups attached to an aromatic ring is 1. The zero-order chi connectivity index (χ0) is 21.8. The molecule has 31 heavy (non-hydrogen) atoms. The van der Waals surface area contributed by atoms with Gasteiger partial charge < -0.3 is 15.4 Å². The second-order valence-corrected chi connectivity index (χ2v) is 8.73. The van der Waals surface area contributed by atoms with Crippen LogP contribution in [0.2, 0.25) is 10.0 Å².